The summed E-state index contributed by atoms with van der Waals surface area (Å²) in [6.07, 6.45) is 1.33. The van der Waals surface area contributed by atoms with Gasteiger partial charge in [-0.3, -0.25) is 14.5 Å². The number of carbonyl (C=O) groups excluding carboxylic acids is 2. The number of nitrogens with one attached hydrogen (secondary N) is 1. The number of halogens is 2. The van der Waals surface area contributed by atoms with Crippen molar-refractivity contribution in [2.24, 2.45) is 5.73 Å². The summed E-state index contributed by atoms with van der Waals surface area (Å²) >= 11 is 0. The summed E-state index contributed by atoms with van der Waals surface area (Å²) in [5, 5.41) is 2.82. The summed E-state index contributed by atoms with van der Waals surface area (Å²) in [5.41, 5.74) is 5.22. The van der Waals surface area contributed by atoms with Gasteiger partial charge in [-0.15, -0.1) is 0 Å². The van der Waals surface area contributed by atoms with Gasteiger partial charge in [-0.1, -0.05) is 12.1 Å². The Hall–Kier alpha value is -2.22. The highest BCUT2D eigenvalue weighted by molar-refractivity contribution is 5.97. The Morgan fingerprint density at radius 2 is 1.96 bits per heavy atom. The van der Waals surface area contributed by atoms with E-state index in [0.717, 1.165) is 0 Å². The molecule has 0 unspecified atom stereocenters. The van der Waals surface area contributed by atoms with Gasteiger partial charge in [0.1, 0.15) is 5.75 Å². The minimum absolute atomic E-state index is 0.0763. The lowest BCUT2D eigenvalue weighted by molar-refractivity contribution is -0.119. The molecule has 1 aromatic rings. The summed E-state index contributed by atoms with van der Waals surface area (Å²) in [7, 11) is 0. The van der Waals surface area contributed by atoms with Gasteiger partial charge in [0, 0.05) is 19.1 Å². The van der Waals surface area contributed by atoms with E-state index in [0.29, 0.717) is 25.9 Å². The first-order valence-corrected chi connectivity index (χ1v) is 7.31. The molecule has 3 N–H and O–H groups in total. The predicted molar refractivity (Wildman–Crippen MR) is 79.2 cm³/mol. The monoisotopic (exact) mass is 327 g/mol. The Labute approximate surface area is 132 Å². The molecule has 6 nitrogen and oxygen atoms in total. The number of benzene rings is 1. The molecule has 8 heteroatoms. The summed E-state index contributed by atoms with van der Waals surface area (Å²) in [6, 6.07) is 5.80. The number of para-hydroxylation sites is 1. The second-order valence-electron chi connectivity index (χ2n) is 5.36. The first-order chi connectivity index (χ1) is 11.0. The molecule has 0 radical (unpaired) electrons. The molecule has 0 atom stereocenters. The van der Waals surface area contributed by atoms with E-state index in [2.05, 4.69) is 10.1 Å². The van der Waals surface area contributed by atoms with Gasteiger partial charge in [0.25, 0.3) is 5.91 Å². The van der Waals surface area contributed by atoms with Gasteiger partial charge in [0.05, 0.1) is 12.1 Å². The lowest BCUT2D eigenvalue weighted by Gasteiger charge is -2.31. The van der Waals surface area contributed by atoms with Crippen molar-refractivity contribution in [1.29, 1.82) is 0 Å². The van der Waals surface area contributed by atoms with E-state index in [1.807, 2.05) is 4.90 Å². The molecule has 2 amide bonds. The quantitative estimate of drug-likeness (QED) is 0.815. The maximum Gasteiger partial charge on any atom is 0.387 e. The van der Waals surface area contributed by atoms with Crippen LogP contribution in [0.5, 0.6) is 5.75 Å². The highest BCUT2D eigenvalue weighted by atomic mass is 19.3. The minimum atomic E-state index is -2.99. The molecule has 1 aliphatic heterocycles. The average Bonchev–Trinajstić information content (AvgIpc) is 2.48. The van der Waals surface area contributed by atoms with Crippen molar-refractivity contribution in [3.63, 3.8) is 0 Å². The van der Waals surface area contributed by atoms with Crippen LogP contribution < -0.4 is 15.8 Å². The highest BCUT2D eigenvalue weighted by Crippen LogP contribution is 2.21. The van der Waals surface area contributed by atoms with Crippen molar-refractivity contribution in [2.45, 2.75) is 25.5 Å². The molecule has 23 heavy (non-hydrogen) atoms. The zero-order valence-electron chi connectivity index (χ0n) is 12.5. The molecule has 0 spiro atoms. The van der Waals surface area contributed by atoms with E-state index < -0.39 is 12.5 Å². The molecule has 1 saturated heterocycles. The third-order valence-electron chi connectivity index (χ3n) is 3.65. The Morgan fingerprint density at radius 1 is 1.30 bits per heavy atom. The number of hydrogen-bond acceptors (Lipinski definition) is 4. The van der Waals surface area contributed by atoms with E-state index in [9.17, 15) is 18.4 Å². The van der Waals surface area contributed by atoms with Gasteiger partial charge in [-0.25, -0.2) is 0 Å². The van der Waals surface area contributed by atoms with Gasteiger partial charge in [-0.2, -0.15) is 8.78 Å². The first kappa shape index (κ1) is 17.1. The number of nitrogens with zero attached hydrogens (tertiary/aromatic N) is 1. The van der Waals surface area contributed by atoms with Crippen LogP contribution >= 0.6 is 0 Å². The SMILES string of the molecule is NC(=O)CN1CCC(NC(=O)c2ccccc2OC(F)F)CC1. The fraction of sp³-hybridized carbons (Fsp3) is 0.467. The van der Waals surface area contributed by atoms with E-state index in [4.69, 9.17) is 5.73 Å². The standard InChI is InChI=1S/C15H19F2N3O3/c16-15(17)23-12-4-2-1-3-11(12)14(22)19-10-5-7-20(8-6-10)9-13(18)21/h1-4,10,15H,5-9H2,(H2,18,21)(H,19,22). The summed E-state index contributed by atoms with van der Waals surface area (Å²) in [4.78, 5) is 25.0. The summed E-state index contributed by atoms with van der Waals surface area (Å²) < 4.78 is 29.1. The number of likely N-dealkylation sites (tertiary alicyclic amines) is 1. The van der Waals surface area contributed by atoms with Crippen LogP contribution in [0, 0.1) is 0 Å². The van der Waals surface area contributed by atoms with Gasteiger partial charge in [0.2, 0.25) is 5.91 Å². The largest absolute Gasteiger partial charge is 0.434 e. The molecule has 1 aromatic carbocycles. The van der Waals surface area contributed by atoms with Gasteiger partial charge in [-0.05, 0) is 25.0 Å². The van der Waals surface area contributed by atoms with Crippen LogP contribution in [0.25, 0.3) is 0 Å². The van der Waals surface area contributed by atoms with Crippen LogP contribution in [-0.2, 0) is 4.79 Å². The average molecular weight is 327 g/mol. The number of carbonyl (C=O) groups is 2. The number of piperidine rings is 1. The Morgan fingerprint density at radius 3 is 2.57 bits per heavy atom. The fourth-order valence-corrected chi connectivity index (χ4v) is 2.57. The third kappa shape index (κ3) is 5.17. The van der Waals surface area contributed by atoms with Crippen LogP contribution in [0.15, 0.2) is 24.3 Å². The summed E-state index contributed by atoms with van der Waals surface area (Å²) in [6.45, 7) is -1.50. The molecule has 1 heterocycles. The predicted octanol–water partition coefficient (Wildman–Crippen LogP) is 0.968. The maximum atomic E-state index is 12.4. The summed E-state index contributed by atoms with van der Waals surface area (Å²) in [5.74, 6) is -0.980. The highest BCUT2D eigenvalue weighted by Gasteiger charge is 2.23. The van der Waals surface area contributed by atoms with Crippen LogP contribution in [0.3, 0.4) is 0 Å². The second-order valence-corrected chi connectivity index (χ2v) is 5.36. The third-order valence-corrected chi connectivity index (χ3v) is 3.65. The van der Waals surface area contributed by atoms with E-state index in [1.165, 1.54) is 18.2 Å². The van der Waals surface area contributed by atoms with Crippen molar-refractivity contribution in [1.82, 2.24) is 10.2 Å². The van der Waals surface area contributed by atoms with Crippen LogP contribution in [0.1, 0.15) is 23.2 Å². The topological polar surface area (TPSA) is 84.7 Å². The molecule has 0 saturated carbocycles. The Kier molecular flexibility index (Phi) is 5.86. The van der Waals surface area contributed by atoms with Crippen LogP contribution in [0.4, 0.5) is 8.78 Å². The maximum absolute atomic E-state index is 12.4. The molecule has 1 fully saturated rings. The number of hydrogen-bond donors (Lipinski definition) is 2. The van der Waals surface area contributed by atoms with Gasteiger partial charge < -0.3 is 15.8 Å². The number of ether oxygens (including phenoxy) is 1. The van der Waals surface area contributed by atoms with Gasteiger partial charge in [0.15, 0.2) is 0 Å². The van der Waals surface area contributed by atoms with Gasteiger partial charge >= 0.3 is 6.61 Å². The molecule has 0 aromatic heterocycles. The molecule has 0 aliphatic carbocycles. The number of rotatable bonds is 6. The van der Waals surface area contributed by atoms with E-state index in [-0.39, 0.29) is 29.8 Å². The molecule has 0 bridgehead atoms. The van der Waals surface area contributed by atoms with E-state index >= 15 is 0 Å². The molecule has 1 aliphatic rings. The zero-order valence-corrected chi connectivity index (χ0v) is 12.5. The lowest BCUT2D eigenvalue weighted by atomic mass is 10.0. The van der Waals surface area contributed by atoms with Crippen molar-refractivity contribution >= 4 is 11.8 Å². The number of primary amides is 1. The first-order valence-electron chi connectivity index (χ1n) is 7.31. The smallest absolute Gasteiger partial charge is 0.387 e. The number of amides is 2. The normalized spacial score (nSPS) is 16.3. The molecule has 126 valence electrons. The molecular formula is C15H19F2N3O3. The Bertz CT molecular complexity index is 561. The van der Waals surface area contributed by atoms with Crippen LogP contribution in [-0.4, -0.2) is 49.0 Å². The van der Waals surface area contributed by atoms with Crippen LogP contribution in [0.2, 0.25) is 0 Å². The van der Waals surface area contributed by atoms with E-state index in [1.54, 1.807) is 6.07 Å². The second kappa shape index (κ2) is 7.87. The lowest BCUT2D eigenvalue weighted by Crippen LogP contribution is -2.46. The Balaban J connectivity index is 1.92. The van der Waals surface area contributed by atoms with Crippen molar-refractivity contribution in [2.75, 3.05) is 19.6 Å². The number of nitrogens with two attached hydrogens (primary N) is 1. The van der Waals surface area contributed by atoms with Crippen molar-refractivity contribution in [3.8, 4) is 5.75 Å². The molecular weight excluding hydrogens is 308 g/mol. The zero-order chi connectivity index (χ0) is 16.8. The molecule has 2 rings (SSSR count). The number of alkyl halides is 2. The van der Waals surface area contributed by atoms with Crippen molar-refractivity contribution < 1.29 is 23.1 Å². The van der Waals surface area contributed by atoms with Crippen molar-refractivity contribution in [3.05, 3.63) is 29.8 Å². The fourth-order valence-electron chi connectivity index (χ4n) is 2.57. The minimum Gasteiger partial charge on any atom is -0.434 e.